The van der Waals surface area contributed by atoms with Crippen LogP contribution in [0.25, 0.3) is 0 Å². The summed E-state index contributed by atoms with van der Waals surface area (Å²) in [7, 11) is 1.64. The van der Waals surface area contributed by atoms with Crippen molar-refractivity contribution in [2.45, 2.75) is 0 Å². The molecule has 0 aliphatic rings. The van der Waals surface area contributed by atoms with Crippen LogP contribution in [0.15, 0.2) is 53.5 Å². The minimum absolute atomic E-state index is 0. The summed E-state index contributed by atoms with van der Waals surface area (Å²) in [4.78, 5) is 4.33. The molecule has 0 aliphatic heterocycles. The molecule has 19 heavy (non-hydrogen) atoms. The SMILES string of the molecule is COc1ccc(C=Nc2ccc(C#N)cc2)cc1.F. The smallest absolute Gasteiger partial charge is 0.118 e. The fourth-order valence-electron chi connectivity index (χ4n) is 1.46. The topological polar surface area (TPSA) is 45.4 Å². The van der Waals surface area contributed by atoms with E-state index in [1.54, 1.807) is 25.5 Å². The van der Waals surface area contributed by atoms with Gasteiger partial charge in [-0.05, 0) is 54.1 Å². The van der Waals surface area contributed by atoms with Crippen LogP contribution in [0, 0.1) is 11.3 Å². The largest absolute Gasteiger partial charge is 0.497 e. The Morgan fingerprint density at radius 1 is 1.05 bits per heavy atom. The number of nitriles is 1. The third-order valence-corrected chi connectivity index (χ3v) is 2.47. The van der Waals surface area contributed by atoms with E-state index in [1.165, 1.54) is 0 Å². The molecule has 2 aromatic rings. The summed E-state index contributed by atoms with van der Waals surface area (Å²) in [6, 6.07) is 16.9. The van der Waals surface area contributed by atoms with Crippen LogP contribution < -0.4 is 4.74 Å². The molecule has 0 aromatic heterocycles. The monoisotopic (exact) mass is 256 g/mol. The van der Waals surface area contributed by atoms with Crippen molar-refractivity contribution in [1.82, 2.24) is 0 Å². The fourth-order valence-corrected chi connectivity index (χ4v) is 1.46. The highest BCUT2D eigenvalue weighted by Crippen LogP contribution is 2.14. The molecule has 2 rings (SSSR count). The summed E-state index contributed by atoms with van der Waals surface area (Å²) in [5, 5.41) is 8.69. The number of hydrogen-bond donors (Lipinski definition) is 0. The average molecular weight is 256 g/mol. The second kappa shape index (κ2) is 6.92. The Bertz CT molecular complexity index is 583. The molecule has 0 saturated heterocycles. The van der Waals surface area contributed by atoms with Crippen LogP contribution in [-0.2, 0) is 0 Å². The maximum absolute atomic E-state index is 8.69. The Labute approximate surface area is 111 Å². The Kier molecular flexibility index (Phi) is 5.24. The average Bonchev–Trinajstić information content (AvgIpc) is 2.46. The van der Waals surface area contributed by atoms with Gasteiger partial charge in [-0.2, -0.15) is 5.26 Å². The normalized spacial score (nSPS) is 9.68. The van der Waals surface area contributed by atoms with Crippen molar-refractivity contribution in [2.24, 2.45) is 4.99 Å². The summed E-state index contributed by atoms with van der Waals surface area (Å²) >= 11 is 0. The number of aliphatic imine (C=N–C) groups is 1. The van der Waals surface area contributed by atoms with Crippen molar-refractivity contribution in [1.29, 1.82) is 5.26 Å². The van der Waals surface area contributed by atoms with Crippen molar-refractivity contribution < 1.29 is 9.44 Å². The number of ether oxygens (including phenoxy) is 1. The van der Waals surface area contributed by atoms with Gasteiger partial charge in [0.2, 0.25) is 0 Å². The molecule has 2 aromatic carbocycles. The van der Waals surface area contributed by atoms with Gasteiger partial charge in [0.1, 0.15) is 5.75 Å². The van der Waals surface area contributed by atoms with Crippen LogP contribution in [0.5, 0.6) is 5.75 Å². The molecule has 0 atom stereocenters. The maximum atomic E-state index is 8.69. The molecule has 0 spiro atoms. The van der Waals surface area contributed by atoms with Gasteiger partial charge in [0.05, 0.1) is 24.4 Å². The lowest BCUT2D eigenvalue weighted by atomic mass is 10.2. The number of hydrogen-bond acceptors (Lipinski definition) is 3. The molecule has 0 radical (unpaired) electrons. The summed E-state index contributed by atoms with van der Waals surface area (Å²) in [5.74, 6) is 0.825. The van der Waals surface area contributed by atoms with Gasteiger partial charge < -0.3 is 4.74 Å². The molecule has 0 heterocycles. The van der Waals surface area contributed by atoms with Crippen molar-refractivity contribution >= 4 is 11.9 Å². The molecule has 0 bridgehead atoms. The van der Waals surface area contributed by atoms with Crippen molar-refractivity contribution in [2.75, 3.05) is 7.11 Å². The standard InChI is InChI=1S/C15H12N2O.FH/c1-18-15-8-4-13(5-9-15)11-17-14-6-2-12(10-16)3-7-14;/h2-9,11H,1H3;1H. The van der Waals surface area contributed by atoms with E-state index in [-0.39, 0.29) is 4.70 Å². The molecular weight excluding hydrogens is 243 g/mol. The predicted octanol–water partition coefficient (Wildman–Crippen LogP) is 3.47. The first-order valence-corrected chi connectivity index (χ1v) is 5.50. The third-order valence-electron chi connectivity index (χ3n) is 2.47. The predicted molar refractivity (Wildman–Crippen MR) is 73.9 cm³/mol. The quantitative estimate of drug-likeness (QED) is 0.789. The van der Waals surface area contributed by atoms with E-state index in [0.717, 1.165) is 17.0 Å². The molecule has 0 amide bonds. The van der Waals surface area contributed by atoms with Crippen LogP contribution in [0.4, 0.5) is 10.4 Å². The second-order valence-corrected chi connectivity index (χ2v) is 3.69. The van der Waals surface area contributed by atoms with Crippen molar-refractivity contribution in [3.63, 3.8) is 0 Å². The molecule has 0 N–H and O–H groups in total. The first kappa shape index (κ1) is 14.4. The second-order valence-electron chi connectivity index (χ2n) is 3.69. The molecule has 0 fully saturated rings. The number of benzene rings is 2. The lowest BCUT2D eigenvalue weighted by molar-refractivity contribution is 0.415. The van der Waals surface area contributed by atoms with Gasteiger partial charge in [-0.15, -0.1) is 0 Å². The summed E-state index contributed by atoms with van der Waals surface area (Å²) in [6.07, 6.45) is 1.78. The Morgan fingerprint density at radius 3 is 2.21 bits per heavy atom. The summed E-state index contributed by atoms with van der Waals surface area (Å²) in [5.41, 5.74) is 2.46. The minimum atomic E-state index is 0. The first-order chi connectivity index (χ1) is 8.81. The molecule has 0 saturated carbocycles. The van der Waals surface area contributed by atoms with Gasteiger partial charge >= 0.3 is 0 Å². The van der Waals surface area contributed by atoms with Gasteiger partial charge in [-0.1, -0.05) is 0 Å². The van der Waals surface area contributed by atoms with Gasteiger partial charge in [-0.3, -0.25) is 9.70 Å². The fraction of sp³-hybridized carbons (Fsp3) is 0.0667. The van der Waals surface area contributed by atoms with E-state index >= 15 is 0 Å². The number of rotatable bonds is 3. The molecule has 3 nitrogen and oxygen atoms in total. The molecule has 0 unspecified atom stereocenters. The lowest BCUT2D eigenvalue weighted by Gasteiger charge is -1.99. The van der Waals surface area contributed by atoms with E-state index < -0.39 is 0 Å². The molecule has 0 aliphatic carbocycles. The maximum Gasteiger partial charge on any atom is 0.118 e. The highest BCUT2D eigenvalue weighted by molar-refractivity contribution is 5.82. The highest BCUT2D eigenvalue weighted by atomic mass is 19.0. The van der Waals surface area contributed by atoms with Crippen LogP contribution in [0.2, 0.25) is 0 Å². The van der Waals surface area contributed by atoms with Gasteiger partial charge in [0, 0.05) is 6.21 Å². The number of methoxy groups -OCH3 is 1. The van der Waals surface area contributed by atoms with E-state index in [4.69, 9.17) is 10.00 Å². The van der Waals surface area contributed by atoms with Crippen molar-refractivity contribution in [3.8, 4) is 11.8 Å². The first-order valence-electron chi connectivity index (χ1n) is 5.50. The lowest BCUT2D eigenvalue weighted by Crippen LogP contribution is -1.84. The summed E-state index contributed by atoms with van der Waals surface area (Å²) < 4.78 is 5.08. The van der Waals surface area contributed by atoms with Gasteiger partial charge in [-0.25, -0.2) is 0 Å². The van der Waals surface area contributed by atoms with Crippen LogP contribution >= 0.6 is 0 Å². The minimum Gasteiger partial charge on any atom is -0.497 e. The number of nitrogens with zero attached hydrogens (tertiary/aromatic N) is 2. The highest BCUT2D eigenvalue weighted by Gasteiger charge is 1.92. The zero-order valence-corrected chi connectivity index (χ0v) is 10.4. The molecule has 96 valence electrons. The van der Waals surface area contributed by atoms with Crippen LogP contribution in [0.1, 0.15) is 11.1 Å². The Morgan fingerprint density at radius 2 is 1.68 bits per heavy atom. The Balaban J connectivity index is 0.00000180. The third kappa shape index (κ3) is 3.93. The van der Waals surface area contributed by atoms with Gasteiger partial charge in [0.15, 0.2) is 0 Å². The van der Waals surface area contributed by atoms with Crippen LogP contribution in [0.3, 0.4) is 0 Å². The van der Waals surface area contributed by atoms with E-state index in [2.05, 4.69) is 11.1 Å². The summed E-state index contributed by atoms with van der Waals surface area (Å²) in [6.45, 7) is 0. The van der Waals surface area contributed by atoms with Crippen LogP contribution in [-0.4, -0.2) is 13.3 Å². The van der Waals surface area contributed by atoms with E-state index in [0.29, 0.717) is 5.56 Å². The zero-order chi connectivity index (χ0) is 12.8. The Hall–Kier alpha value is -2.67. The molecular formula is C15H13FN2O. The van der Waals surface area contributed by atoms with E-state index in [1.807, 2.05) is 36.4 Å². The van der Waals surface area contributed by atoms with Crippen molar-refractivity contribution in [3.05, 3.63) is 59.7 Å². The number of halogens is 1. The van der Waals surface area contributed by atoms with E-state index in [9.17, 15) is 0 Å². The zero-order valence-electron chi connectivity index (χ0n) is 10.4. The van der Waals surface area contributed by atoms with Gasteiger partial charge in [0.25, 0.3) is 0 Å². The molecule has 4 heteroatoms.